The summed E-state index contributed by atoms with van der Waals surface area (Å²) >= 11 is 0. The highest BCUT2D eigenvalue weighted by Crippen LogP contribution is 2.34. The number of fused-ring (bicyclic) bond motifs is 4. The van der Waals surface area contributed by atoms with Crippen molar-refractivity contribution >= 4 is 11.8 Å². The van der Waals surface area contributed by atoms with Gasteiger partial charge in [0.25, 0.3) is 11.8 Å². The van der Waals surface area contributed by atoms with E-state index in [-0.39, 0.29) is 25.3 Å². The fraction of sp³-hybridized carbons (Fsp3) is 0.250. The molecule has 2 atom stereocenters. The van der Waals surface area contributed by atoms with Gasteiger partial charge in [-0.3, -0.25) is 14.4 Å². The predicted octanol–water partition coefficient (Wildman–Crippen LogP) is 4.42. The van der Waals surface area contributed by atoms with E-state index in [1.165, 1.54) is 15.5 Å². The first-order chi connectivity index (χ1) is 18.6. The molecule has 0 saturated carbocycles. The molecular weight excluding hydrogens is 518 g/mol. The van der Waals surface area contributed by atoms with Gasteiger partial charge >= 0.3 is 0 Å². The van der Waals surface area contributed by atoms with E-state index in [1.54, 1.807) is 37.3 Å². The van der Waals surface area contributed by atoms with Crippen LogP contribution in [0.5, 0.6) is 5.75 Å². The molecule has 0 saturated heterocycles. The van der Waals surface area contributed by atoms with Crippen molar-refractivity contribution in [2.45, 2.75) is 38.6 Å². The predicted molar refractivity (Wildman–Crippen MR) is 132 cm³/mol. The number of nitrogens with zero attached hydrogens (tertiary/aromatic N) is 2. The third-order valence-electron chi connectivity index (χ3n) is 6.79. The summed E-state index contributed by atoms with van der Waals surface area (Å²) in [6.07, 6.45) is 2.44. The molecule has 1 N–H and O–H groups in total. The molecule has 2 bridgehead atoms. The number of amides is 2. The minimum Gasteiger partial charge on any atom is -0.483 e. The number of carbonyl (C=O) groups is 2. The van der Waals surface area contributed by atoms with Gasteiger partial charge in [0.15, 0.2) is 11.4 Å². The maximum atomic E-state index is 14.6. The maximum absolute atomic E-state index is 14.6. The zero-order valence-electron chi connectivity index (χ0n) is 20.7. The Morgan fingerprint density at radius 1 is 1.08 bits per heavy atom. The van der Waals surface area contributed by atoms with Crippen LogP contribution in [0.3, 0.4) is 0 Å². The second-order valence-electron chi connectivity index (χ2n) is 9.45. The Kier molecular flexibility index (Phi) is 6.98. The molecule has 39 heavy (non-hydrogen) atoms. The molecule has 0 unspecified atom stereocenters. The lowest BCUT2D eigenvalue weighted by Gasteiger charge is -2.37. The average molecular weight is 542 g/mol. The number of ether oxygens (including phenoxy) is 1. The summed E-state index contributed by atoms with van der Waals surface area (Å²) in [7, 11) is 0. The van der Waals surface area contributed by atoms with Gasteiger partial charge < -0.3 is 19.5 Å². The first-order valence-electron chi connectivity index (χ1n) is 12.2. The van der Waals surface area contributed by atoms with E-state index in [4.69, 9.17) is 4.74 Å². The van der Waals surface area contributed by atoms with Crippen molar-refractivity contribution in [3.63, 3.8) is 0 Å². The smallest absolute Gasteiger partial charge is 0.274 e. The lowest BCUT2D eigenvalue weighted by atomic mass is 10.1. The van der Waals surface area contributed by atoms with Gasteiger partial charge in [0.2, 0.25) is 5.43 Å². The van der Waals surface area contributed by atoms with Gasteiger partial charge in [-0.25, -0.2) is 17.6 Å². The van der Waals surface area contributed by atoms with Crippen molar-refractivity contribution in [3.05, 3.63) is 111 Å². The Morgan fingerprint density at radius 3 is 2.46 bits per heavy atom. The van der Waals surface area contributed by atoms with Crippen molar-refractivity contribution in [2.75, 3.05) is 6.54 Å². The Bertz CT molecular complexity index is 1530. The third kappa shape index (κ3) is 5.04. The van der Waals surface area contributed by atoms with Crippen LogP contribution in [0.2, 0.25) is 0 Å². The summed E-state index contributed by atoms with van der Waals surface area (Å²) in [6.45, 7) is 1.02. The highest BCUT2D eigenvalue weighted by Gasteiger charge is 2.39. The summed E-state index contributed by atoms with van der Waals surface area (Å²) in [6, 6.07) is 8.54. The SMILES string of the molecule is C[C@H]1CC(F)=C[C@H]2CN1C(=O)c1c(OCc3ccccc3)c(=O)c(C(=O)NCc3c(F)cc(F)cc3F)cn12. The zero-order valence-corrected chi connectivity index (χ0v) is 20.7. The molecule has 3 aromatic rings. The van der Waals surface area contributed by atoms with Crippen LogP contribution in [0, 0.1) is 17.5 Å². The Morgan fingerprint density at radius 2 is 1.77 bits per heavy atom. The molecule has 5 rings (SSSR count). The molecule has 2 aromatic carbocycles. The van der Waals surface area contributed by atoms with Crippen LogP contribution in [0.1, 0.15) is 51.4 Å². The van der Waals surface area contributed by atoms with Crippen LogP contribution in [-0.4, -0.2) is 33.9 Å². The van der Waals surface area contributed by atoms with Gasteiger partial charge in [-0.1, -0.05) is 30.3 Å². The van der Waals surface area contributed by atoms with Crippen LogP contribution in [0.4, 0.5) is 17.6 Å². The Hall–Kier alpha value is -4.41. The molecule has 2 amide bonds. The van der Waals surface area contributed by atoms with E-state index in [2.05, 4.69) is 5.32 Å². The number of hydrogen-bond acceptors (Lipinski definition) is 4. The van der Waals surface area contributed by atoms with Crippen LogP contribution in [0.25, 0.3) is 0 Å². The van der Waals surface area contributed by atoms with E-state index < -0.39 is 76.0 Å². The number of rotatable bonds is 6. The van der Waals surface area contributed by atoms with Gasteiger partial charge in [0, 0.05) is 49.4 Å². The third-order valence-corrected chi connectivity index (χ3v) is 6.79. The van der Waals surface area contributed by atoms with Crippen molar-refractivity contribution in [1.29, 1.82) is 0 Å². The molecule has 0 spiro atoms. The molecule has 3 heterocycles. The largest absolute Gasteiger partial charge is 0.483 e. The van der Waals surface area contributed by atoms with E-state index in [0.717, 1.165) is 6.20 Å². The molecule has 2 aliphatic heterocycles. The second kappa shape index (κ2) is 10.4. The molecule has 202 valence electrons. The fourth-order valence-corrected chi connectivity index (χ4v) is 4.80. The topological polar surface area (TPSA) is 80.6 Å². The minimum absolute atomic E-state index is 0.0105. The van der Waals surface area contributed by atoms with Crippen molar-refractivity contribution < 1.29 is 31.9 Å². The number of aromatic nitrogens is 1. The maximum Gasteiger partial charge on any atom is 0.274 e. The standard InChI is InChI=1S/C28H23F4N3O4/c1-15-7-17(29)8-19-12-34(15)28(38)24-26(39-14-16-5-3-2-4-6-16)25(36)21(13-35(19)24)27(37)33-11-20-22(31)9-18(30)10-23(20)32/h2-6,8-10,13,15,19H,7,11-12,14H2,1H3,(H,33,37)/t15-,19-/m0/s1. The quantitative estimate of drug-likeness (QED) is 0.469. The molecular formula is C28H23F4N3O4. The highest BCUT2D eigenvalue weighted by molar-refractivity contribution is 5.99. The monoisotopic (exact) mass is 541 g/mol. The van der Waals surface area contributed by atoms with Crippen LogP contribution in [0.15, 0.2) is 65.4 Å². The number of hydrogen-bond donors (Lipinski definition) is 1. The van der Waals surface area contributed by atoms with Gasteiger partial charge in [0.1, 0.15) is 35.4 Å². The average Bonchev–Trinajstić information content (AvgIpc) is 3.02. The van der Waals surface area contributed by atoms with Crippen LogP contribution < -0.4 is 15.5 Å². The molecule has 0 aliphatic carbocycles. The lowest BCUT2D eigenvalue weighted by Crippen LogP contribution is -2.48. The fourth-order valence-electron chi connectivity index (χ4n) is 4.80. The number of benzene rings is 2. The van der Waals surface area contributed by atoms with E-state index in [0.29, 0.717) is 17.7 Å². The summed E-state index contributed by atoms with van der Waals surface area (Å²) in [5.74, 6) is -5.94. The van der Waals surface area contributed by atoms with E-state index >= 15 is 0 Å². The molecule has 2 aliphatic rings. The van der Waals surface area contributed by atoms with Gasteiger partial charge in [0.05, 0.1) is 6.04 Å². The summed E-state index contributed by atoms with van der Waals surface area (Å²) in [5.41, 5.74) is -1.43. The van der Waals surface area contributed by atoms with Crippen LogP contribution >= 0.6 is 0 Å². The normalized spacial score (nSPS) is 18.2. The summed E-state index contributed by atoms with van der Waals surface area (Å²) in [5, 5.41) is 2.26. The number of pyridine rings is 1. The second-order valence-corrected chi connectivity index (χ2v) is 9.45. The van der Waals surface area contributed by atoms with E-state index in [9.17, 15) is 31.9 Å². The molecule has 7 nitrogen and oxygen atoms in total. The van der Waals surface area contributed by atoms with Crippen molar-refractivity contribution in [1.82, 2.24) is 14.8 Å². The van der Waals surface area contributed by atoms with Crippen molar-refractivity contribution in [2.24, 2.45) is 0 Å². The zero-order chi connectivity index (χ0) is 27.8. The lowest BCUT2D eigenvalue weighted by molar-refractivity contribution is 0.0609. The summed E-state index contributed by atoms with van der Waals surface area (Å²) < 4.78 is 63.2. The summed E-state index contributed by atoms with van der Waals surface area (Å²) in [4.78, 5) is 41.6. The number of halogens is 4. The Labute approximate surface area is 220 Å². The van der Waals surface area contributed by atoms with E-state index in [1.807, 2.05) is 0 Å². The number of nitrogens with one attached hydrogen (secondary N) is 1. The van der Waals surface area contributed by atoms with Crippen molar-refractivity contribution in [3.8, 4) is 5.75 Å². The Balaban J connectivity index is 1.57. The first-order valence-corrected chi connectivity index (χ1v) is 12.2. The first kappa shape index (κ1) is 26.2. The van der Waals surface area contributed by atoms with Gasteiger partial charge in [-0.15, -0.1) is 0 Å². The van der Waals surface area contributed by atoms with Crippen LogP contribution in [-0.2, 0) is 13.2 Å². The minimum atomic E-state index is -1.21. The van der Waals surface area contributed by atoms with Gasteiger partial charge in [-0.2, -0.15) is 0 Å². The molecule has 11 heteroatoms. The molecule has 0 fully saturated rings. The molecule has 1 aromatic heterocycles. The molecule has 0 radical (unpaired) electrons. The van der Waals surface area contributed by atoms with Gasteiger partial charge in [-0.05, 0) is 18.6 Å². The highest BCUT2D eigenvalue weighted by atomic mass is 19.1. The number of carbonyl (C=O) groups excluding carboxylic acids is 2.